The van der Waals surface area contributed by atoms with Crippen molar-refractivity contribution in [2.75, 3.05) is 19.8 Å². The van der Waals surface area contributed by atoms with Crippen LogP contribution in [-0.2, 0) is 4.74 Å². The lowest BCUT2D eigenvalue weighted by Crippen LogP contribution is -2.24. The molecule has 1 aliphatic rings. The summed E-state index contributed by atoms with van der Waals surface area (Å²) in [5.41, 5.74) is 1.03. The van der Waals surface area contributed by atoms with Crippen molar-refractivity contribution in [1.82, 2.24) is 0 Å². The Morgan fingerprint density at radius 2 is 1.45 bits per heavy atom. The van der Waals surface area contributed by atoms with Crippen LogP contribution in [0.1, 0.15) is 88.7 Å². The monoisotopic (exact) mass is 424 g/mol. The summed E-state index contributed by atoms with van der Waals surface area (Å²) in [6.07, 6.45) is 3.13. The number of ketones is 2. The van der Waals surface area contributed by atoms with Crippen LogP contribution in [0.15, 0.2) is 30.3 Å². The molecular weight excluding hydrogens is 396 g/mol. The summed E-state index contributed by atoms with van der Waals surface area (Å²) in [5.74, 6) is -0.614. The van der Waals surface area contributed by atoms with E-state index in [1.54, 1.807) is 18.2 Å². The van der Waals surface area contributed by atoms with Crippen molar-refractivity contribution in [2.24, 2.45) is 0 Å². The standard InChI is InChI=1S/C25H28O6/c1-4-7-13-31-25(28)16-14-18-22(20(15-16)30-12-6-3)24(27)21-17(23(18)26)9-8-10-19(21)29-11-5-2/h8-10,14-15H,4-7,11-13H2,1-3H3. The van der Waals surface area contributed by atoms with Crippen LogP contribution in [0.4, 0.5) is 0 Å². The van der Waals surface area contributed by atoms with Crippen LogP contribution in [0.3, 0.4) is 0 Å². The second-order valence-electron chi connectivity index (χ2n) is 7.42. The fourth-order valence-corrected chi connectivity index (χ4v) is 3.42. The van der Waals surface area contributed by atoms with E-state index in [1.807, 2.05) is 20.8 Å². The van der Waals surface area contributed by atoms with E-state index in [0.717, 1.165) is 19.3 Å². The number of fused-ring (bicyclic) bond motifs is 2. The summed E-state index contributed by atoms with van der Waals surface area (Å²) >= 11 is 0. The molecule has 0 amide bonds. The number of hydrogen-bond donors (Lipinski definition) is 0. The third-order valence-electron chi connectivity index (χ3n) is 4.96. The number of carbonyl (C=O) groups is 3. The van der Waals surface area contributed by atoms with Crippen LogP contribution < -0.4 is 9.47 Å². The molecule has 0 aliphatic heterocycles. The lowest BCUT2D eigenvalue weighted by atomic mass is 9.82. The molecule has 1 aliphatic carbocycles. The highest BCUT2D eigenvalue weighted by atomic mass is 16.5. The van der Waals surface area contributed by atoms with E-state index >= 15 is 0 Å². The number of esters is 1. The first kappa shape index (κ1) is 22.5. The second-order valence-corrected chi connectivity index (χ2v) is 7.42. The van der Waals surface area contributed by atoms with E-state index in [-0.39, 0.29) is 45.1 Å². The van der Waals surface area contributed by atoms with Crippen molar-refractivity contribution in [3.63, 3.8) is 0 Å². The van der Waals surface area contributed by atoms with Crippen molar-refractivity contribution in [2.45, 2.75) is 46.5 Å². The molecule has 2 aromatic carbocycles. The van der Waals surface area contributed by atoms with Gasteiger partial charge < -0.3 is 14.2 Å². The van der Waals surface area contributed by atoms with Gasteiger partial charge in [0, 0.05) is 11.1 Å². The number of benzene rings is 2. The Kier molecular flexibility index (Phi) is 7.45. The summed E-state index contributed by atoms with van der Waals surface area (Å²) in [7, 11) is 0. The van der Waals surface area contributed by atoms with Gasteiger partial charge in [-0.15, -0.1) is 0 Å². The number of carbonyl (C=O) groups excluding carboxylic acids is 3. The van der Waals surface area contributed by atoms with E-state index in [1.165, 1.54) is 12.1 Å². The van der Waals surface area contributed by atoms with Crippen LogP contribution in [0.2, 0.25) is 0 Å². The van der Waals surface area contributed by atoms with Gasteiger partial charge in [0.25, 0.3) is 0 Å². The van der Waals surface area contributed by atoms with Gasteiger partial charge in [0.1, 0.15) is 11.5 Å². The second kappa shape index (κ2) is 10.2. The van der Waals surface area contributed by atoms with Crippen LogP contribution >= 0.6 is 0 Å². The molecule has 6 heteroatoms. The molecule has 3 rings (SSSR count). The molecular formula is C25H28O6. The molecule has 0 bridgehead atoms. The molecule has 0 saturated carbocycles. The van der Waals surface area contributed by atoms with E-state index < -0.39 is 5.97 Å². The predicted octanol–water partition coefficient (Wildman–Crippen LogP) is 5.00. The fourth-order valence-electron chi connectivity index (χ4n) is 3.42. The Morgan fingerprint density at radius 1 is 0.774 bits per heavy atom. The van der Waals surface area contributed by atoms with Gasteiger partial charge in [-0.3, -0.25) is 9.59 Å². The molecule has 0 atom stereocenters. The number of rotatable bonds is 10. The van der Waals surface area contributed by atoms with Crippen LogP contribution in [0, 0.1) is 0 Å². The van der Waals surface area contributed by atoms with Gasteiger partial charge in [-0.2, -0.15) is 0 Å². The summed E-state index contributed by atoms with van der Waals surface area (Å²) < 4.78 is 16.8. The van der Waals surface area contributed by atoms with Gasteiger partial charge in [-0.1, -0.05) is 39.3 Å². The van der Waals surface area contributed by atoms with Crippen molar-refractivity contribution in [3.8, 4) is 11.5 Å². The minimum Gasteiger partial charge on any atom is -0.493 e. The first-order valence-electron chi connectivity index (χ1n) is 10.9. The van der Waals surface area contributed by atoms with Gasteiger partial charge in [0.15, 0.2) is 5.78 Å². The zero-order valence-corrected chi connectivity index (χ0v) is 18.3. The average Bonchev–Trinajstić information content (AvgIpc) is 2.79. The normalized spacial score (nSPS) is 12.2. The summed E-state index contributed by atoms with van der Waals surface area (Å²) in [6.45, 7) is 6.99. The third-order valence-corrected chi connectivity index (χ3v) is 4.96. The largest absolute Gasteiger partial charge is 0.493 e. The molecule has 0 unspecified atom stereocenters. The fraction of sp³-hybridized carbons (Fsp3) is 0.400. The maximum atomic E-state index is 13.5. The van der Waals surface area contributed by atoms with Gasteiger partial charge in [-0.25, -0.2) is 4.79 Å². The lowest BCUT2D eigenvalue weighted by Gasteiger charge is -2.23. The molecule has 31 heavy (non-hydrogen) atoms. The van der Waals surface area contributed by atoms with E-state index in [2.05, 4.69) is 0 Å². The Balaban J connectivity index is 2.09. The SMILES string of the molecule is CCCCOC(=O)c1cc(OCCC)c2c(c1)C(=O)c1cccc(OCCC)c1C2=O. The van der Waals surface area contributed by atoms with E-state index in [4.69, 9.17) is 14.2 Å². The molecule has 6 nitrogen and oxygen atoms in total. The van der Waals surface area contributed by atoms with Crippen molar-refractivity contribution >= 4 is 17.5 Å². The zero-order valence-electron chi connectivity index (χ0n) is 18.3. The highest BCUT2D eigenvalue weighted by Crippen LogP contribution is 2.38. The van der Waals surface area contributed by atoms with E-state index in [9.17, 15) is 14.4 Å². The highest BCUT2D eigenvalue weighted by molar-refractivity contribution is 6.30. The lowest BCUT2D eigenvalue weighted by molar-refractivity contribution is 0.0499. The topological polar surface area (TPSA) is 78.9 Å². The van der Waals surface area contributed by atoms with Crippen molar-refractivity contribution < 1.29 is 28.6 Å². The third kappa shape index (κ3) is 4.63. The summed E-state index contributed by atoms with van der Waals surface area (Å²) in [4.78, 5) is 39.4. The van der Waals surface area contributed by atoms with Gasteiger partial charge in [0.2, 0.25) is 5.78 Å². The van der Waals surface area contributed by atoms with Crippen LogP contribution in [0.25, 0.3) is 0 Å². The predicted molar refractivity (Wildman–Crippen MR) is 117 cm³/mol. The molecule has 2 aromatic rings. The maximum absolute atomic E-state index is 13.5. The maximum Gasteiger partial charge on any atom is 0.338 e. The average molecular weight is 424 g/mol. The molecule has 0 heterocycles. The number of unbranched alkanes of at least 4 members (excludes halogenated alkanes) is 1. The quantitative estimate of drug-likeness (QED) is 0.337. The van der Waals surface area contributed by atoms with Crippen molar-refractivity contribution in [3.05, 3.63) is 58.1 Å². The molecule has 0 spiro atoms. The Hall–Kier alpha value is -3.15. The smallest absolute Gasteiger partial charge is 0.338 e. The number of ether oxygens (including phenoxy) is 3. The number of hydrogen-bond acceptors (Lipinski definition) is 6. The van der Waals surface area contributed by atoms with Crippen LogP contribution in [-0.4, -0.2) is 37.4 Å². The highest BCUT2D eigenvalue weighted by Gasteiger charge is 2.36. The summed E-state index contributed by atoms with van der Waals surface area (Å²) in [5, 5.41) is 0. The summed E-state index contributed by atoms with van der Waals surface area (Å²) in [6, 6.07) is 7.92. The molecule has 0 N–H and O–H groups in total. The minimum absolute atomic E-state index is 0.154. The minimum atomic E-state index is -0.538. The first-order chi connectivity index (χ1) is 15.0. The Morgan fingerprint density at radius 3 is 2.13 bits per heavy atom. The van der Waals surface area contributed by atoms with Gasteiger partial charge in [-0.05, 0) is 37.5 Å². The molecule has 0 radical (unpaired) electrons. The molecule has 0 fully saturated rings. The molecule has 164 valence electrons. The van der Waals surface area contributed by atoms with Gasteiger partial charge >= 0.3 is 5.97 Å². The van der Waals surface area contributed by atoms with Crippen molar-refractivity contribution in [1.29, 1.82) is 0 Å². The molecule has 0 saturated heterocycles. The Bertz CT molecular complexity index is 992. The van der Waals surface area contributed by atoms with Crippen LogP contribution in [0.5, 0.6) is 11.5 Å². The van der Waals surface area contributed by atoms with E-state index in [0.29, 0.717) is 32.0 Å². The zero-order chi connectivity index (χ0) is 22.4. The van der Waals surface area contributed by atoms with Gasteiger partial charge in [0.05, 0.1) is 36.5 Å². The first-order valence-corrected chi connectivity index (χ1v) is 10.9. The Labute approximate surface area is 182 Å². The molecule has 0 aromatic heterocycles.